The first-order chi connectivity index (χ1) is 10.1. The molecule has 0 spiro atoms. The zero-order valence-electron chi connectivity index (χ0n) is 12.4. The van der Waals surface area contributed by atoms with Crippen molar-refractivity contribution in [3.05, 3.63) is 41.5 Å². The van der Waals surface area contributed by atoms with Crippen LogP contribution in [-0.4, -0.2) is 28.7 Å². The molecule has 0 bridgehead atoms. The normalized spacial score (nSPS) is 21.1. The number of allylic oxidation sites excluding steroid dienone is 1. The van der Waals surface area contributed by atoms with E-state index in [1.54, 1.807) is 4.90 Å². The lowest BCUT2D eigenvalue weighted by Crippen LogP contribution is -2.41. The van der Waals surface area contributed by atoms with Crippen LogP contribution in [0.1, 0.15) is 42.6 Å². The molecule has 1 heterocycles. The third-order valence-corrected chi connectivity index (χ3v) is 3.99. The van der Waals surface area contributed by atoms with Gasteiger partial charge in [-0.15, -0.1) is 0 Å². The number of ketones is 1. The molecular formula is C17H20N2O2. The number of fused-ring (bicyclic) bond motifs is 1. The lowest BCUT2D eigenvalue weighted by atomic mass is 9.99. The van der Waals surface area contributed by atoms with Crippen molar-refractivity contribution in [2.75, 3.05) is 5.32 Å². The highest BCUT2D eigenvalue weighted by Gasteiger charge is 2.36. The zero-order valence-corrected chi connectivity index (χ0v) is 12.4. The smallest absolute Gasteiger partial charge is 0.255 e. The van der Waals surface area contributed by atoms with Gasteiger partial charge >= 0.3 is 0 Å². The van der Waals surface area contributed by atoms with E-state index >= 15 is 0 Å². The molecule has 1 aliphatic heterocycles. The molecule has 1 N–H and O–H groups in total. The molecule has 110 valence electrons. The highest BCUT2D eigenvalue weighted by molar-refractivity contribution is 6.02. The van der Waals surface area contributed by atoms with Crippen molar-refractivity contribution in [3.63, 3.8) is 0 Å². The molecule has 3 rings (SSSR count). The number of amides is 1. The lowest BCUT2D eigenvalue weighted by molar-refractivity contribution is -0.123. The maximum absolute atomic E-state index is 12.6. The Hall–Kier alpha value is -2.10. The van der Waals surface area contributed by atoms with Gasteiger partial charge in [0.05, 0.1) is 6.04 Å². The average Bonchev–Trinajstić information content (AvgIpc) is 2.76. The van der Waals surface area contributed by atoms with E-state index in [1.165, 1.54) is 0 Å². The third kappa shape index (κ3) is 2.58. The Balaban J connectivity index is 1.85. The van der Waals surface area contributed by atoms with Gasteiger partial charge in [-0.05, 0) is 38.0 Å². The lowest BCUT2D eigenvalue weighted by Gasteiger charge is -2.27. The maximum Gasteiger partial charge on any atom is 0.255 e. The second-order valence-electron chi connectivity index (χ2n) is 6.00. The Labute approximate surface area is 124 Å². The summed E-state index contributed by atoms with van der Waals surface area (Å²) in [5.41, 5.74) is 2.69. The van der Waals surface area contributed by atoms with E-state index in [-0.39, 0.29) is 17.7 Å². The number of nitrogens with one attached hydrogen (secondary N) is 1. The van der Waals surface area contributed by atoms with Gasteiger partial charge in [0, 0.05) is 30.3 Å². The molecule has 4 nitrogen and oxygen atoms in total. The Morgan fingerprint density at radius 1 is 1.24 bits per heavy atom. The molecule has 1 aliphatic carbocycles. The van der Waals surface area contributed by atoms with Crippen LogP contribution in [0.5, 0.6) is 0 Å². The van der Waals surface area contributed by atoms with E-state index in [9.17, 15) is 9.59 Å². The van der Waals surface area contributed by atoms with Gasteiger partial charge in [-0.25, -0.2) is 0 Å². The number of carbonyl (C=O) groups excluding carboxylic acids is 2. The number of anilines is 1. The molecule has 2 aliphatic rings. The van der Waals surface area contributed by atoms with Crippen LogP contribution >= 0.6 is 0 Å². The molecule has 1 aromatic carbocycles. The molecule has 21 heavy (non-hydrogen) atoms. The number of carbonyl (C=O) groups is 2. The van der Waals surface area contributed by atoms with E-state index in [2.05, 4.69) is 19.2 Å². The van der Waals surface area contributed by atoms with Gasteiger partial charge in [0.25, 0.3) is 5.91 Å². The summed E-state index contributed by atoms with van der Waals surface area (Å²) in [4.78, 5) is 26.4. The van der Waals surface area contributed by atoms with Gasteiger partial charge in [0.2, 0.25) is 0 Å². The molecule has 0 aromatic heterocycles. The second-order valence-corrected chi connectivity index (χ2v) is 6.00. The van der Waals surface area contributed by atoms with Gasteiger partial charge in [0.15, 0.2) is 5.78 Å². The van der Waals surface area contributed by atoms with Crippen LogP contribution in [-0.2, 0) is 11.3 Å². The van der Waals surface area contributed by atoms with E-state index < -0.39 is 0 Å². The number of benzene rings is 1. The summed E-state index contributed by atoms with van der Waals surface area (Å²) in [6.45, 7) is 4.67. The quantitative estimate of drug-likeness (QED) is 0.868. The van der Waals surface area contributed by atoms with Crippen LogP contribution in [0.25, 0.3) is 0 Å². The first-order valence-corrected chi connectivity index (χ1v) is 7.44. The summed E-state index contributed by atoms with van der Waals surface area (Å²) < 4.78 is 0. The van der Waals surface area contributed by atoms with Crippen molar-refractivity contribution >= 4 is 17.4 Å². The SMILES string of the molecule is CC(C)Nc1ccc2c(c1)C(=O)N(C1CC=CCC1=O)C2. The summed E-state index contributed by atoms with van der Waals surface area (Å²) in [7, 11) is 0. The highest BCUT2D eigenvalue weighted by Crippen LogP contribution is 2.29. The second kappa shape index (κ2) is 5.35. The van der Waals surface area contributed by atoms with Gasteiger partial charge in [-0.1, -0.05) is 18.2 Å². The van der Waals surface area contributed by atoms with Crippen molar-refractivity contribution in [3.8, 4) is 0 Å². The number of rotatable bonds is 3. The first-order valence-electron chi connectivity index (χ1n) is 7.44. The fourth-order valence-electron chi connectivity index (χ4n) is 2.99. The molecule has 1 atom stereocenters. The van der Waals surface area contributed by atoms with Crippen LogP contribution in [0.4, 0.5) is 5.69 Å². The largest absolute Gasteiger partial charge is 0.383 e. The summed E-state index contributed by atoms with van der Waals surface area (Å²) >= 11 is 0. The van der Waals surface area contributed by atoms with Crippen LogP contribution in [0.2, 0.25) is 0 Å². The van der Waals surface area contributed by atoms with Gasteiger partial charge in [-0.2, -0.15) is 0 Å². The fourth-order valence-corrected chi connectivity index (χ4v) is 2.99. The van der Waals surface area contributed by atoms with E-state index in [1.807, 2.05) is 30.4 Å². The van der Waals surface area contributed by atoms with E-state index in [0.29, 0.717) is 25.4 Å². The highest BCUT2D eigenvalue weighted by atomic mass is 16.2. The van der Waals surface area contributed by atoms with Gasteiger partial charge in [-0.3, -0.25) is 9.59 Å². The molecule has 0 radical (unpaired) electrons. The molecule has 1 amide bonds. The standard InChI is InChI=1S/C17H20N2O2/c1-11(2)18-13-8-7-12-10-19(17(21)14(12)9-13)15-5-3-4-6-16(15)20/h3-4,7-9,11,15,18H,5-6,10H2,1-2H3. The van der Waals surface area contributed by atoms with Crippen molar-refractivity contribution in [2.45, 2.75) is 45.3 Å². The van der Waals surface area contributed by atoms with Crippen molar-refractivity contribution < 1.29 is 9.59 Å². The van der Waals surface area contributed by atoms with Crippen LogP contribution < -0.4 is 5.32 Å². The molecule has 4 heteroatoms. The average molecular weight is 284 g/mol. The summed E-state index contributed by atoms with van der Waals surface area (Å²) in [5.74, 6) is 0.116. The Morgan fingerprint density at radius 2 is 2.05 bits per heavy atom. The topological polar surface area (TPSA) is 49.4 Å². The minimum Gasteiger partial charge on any atom is -0.383 e. The Kier molecular flexibility index (Phi) is 3.53. The minimum absolute atomic E-state index is 0.0222. The van der Waals surface area contributed by atoms with Crippen molar-refractivity contribution in [1.29, 1.82) is 0 Å². The maximum atomic E-state index is 12.6. The molecule has 0 fully saturated rings. The van der Waals surface area contributed by atoms with Crippen molar-refractivity contribution in [1.82, 2.24) is 4.90 Å². The fraction of sp³-hybridized carbons (Fsp3) is 0.412. The number of Topliss-reactive ketones (excluding diaryl/α,β-unsaturated/α-hetero) is 1. The molecule has 0 saturated carbocycles. The third-order valence-electron chi connectivity index (χ3n) is 3.99. The predicted octanol–water partition coefficient (Wildman–Crippen LogP) is 2.75. The van der Waals surface area contributed by atoms with Crippen molar-refractivity contribution in [2.24, 2.45) is 0 Å². The van der Waals surface area contributed by atoms with E-state index in [4.69, 9.17) is 0 Å². The summed E-state index contributed by atoms with van der Waals surface area (Å²) in [6, 6.07) is 5.91. The first kappa shape index (κ1) is 13.9. The minimum atomic E-state index is -0.295. The monoisotopic (exact) mass is 284 g/mol. The Morgan fingerprint density at radius 3 is 2.76 bits per heavy atom. The molecule has 1 aromatic rings. The van der Waals surface area contributed by atoms with Gasteiger partial charge in [0.1, 0.15) is 0 Å². The molecular weight excluding hydrogens is 264 g/mol. The van der Waals surface area contributed by atoms with Crippen LogP contribution in [0.3, 0.4) is 0 Å². The van der Waals surface area contributed by atoms with Crippen LogP contribution in [0.15, 0.2) is 30.4 Å². The number of nitrogens with zero attached hydrogens (tertiary/aromatic N) is 1. The number of hydrogen-bond acceptors (Lipinski definition) is 3. The van der Waals surface area contributed by atoms with Crippen LogP contribution in [0, 0.1) is 0 Å². The summed E-state index contributed by atoms with van der Waals surface area (Å²) in [5, 5.41) is 3.31. The predicted molar refractivity (Wildman–Crippen MR) is 82.2 cm³/mol. The zero-order chi connectivity index (χ0) is 15.0. The molecule has 0 saturated heterocycles. The Bertz CT molecular complexity index is 619. The number of hydrogen-bond donors (Lipinski definition) is 1. The van der Waals surface area contributed by atoms with E-state index in [0.717, 1.165) is 16.8 Å². The molecule has 1 unspecified atom stereocenters. The summed E-state index contributed by atoms with van der Waals surface area (Å²) in [6.07, 6.45) is 4.95. The van der Waals surface area contributed by atoms with Gasteiger partial charge < -0.3 is 10.2 Å².